The van der Waals surface area contributed by atoms with Crippen LogP contribution in [0.3, 0.4) is 0 Å². The van der Waals surface area contributed by atoms with E-state index in [1.165, 1.54) is 0 Å². The van der Waals surface area contributed by atoms with Crippen molar-refractivity contribution in [1.29, 1.82) is 0 Å². The van der Waals surface area contributed by atoms with Crippen molar-refractivity contribution >= 4 is 11.4 Å². The number of hydrogen-bond acceptors (Lipinski definition) is 7. The third kappa shape index (κ3) is 3.45. The molecule has 0 radical (unpaired) electrons. The molecule has 0 bridgehead atoms. The van der Waals surface area contributed by atoms with Crippen molar-refractivity contribution in [1.82, 2.24) is 0 Å². The number of anilines is 1. The van der Waals surface area contributed by atoms with E-state index in [1.807, 2.05) is 53.5 Å². The molecule has 7 heteroatoms. The molecule has 0 N–H and O–H groups in total. The minimum atomic E-state index is -0.0495. The van der Waals surface area contributed by atoms with Crippen LogP contribution in [0.1, 0.15) is 23.6 Å². The SMILES string of the molecule is COc1cc([C@@H]2CC(c3ccc4c(c3)OCO4)=NN2c2ccccc2)cc(OC)c1OC. The standard InChI is InChI=1S/C25H24N2O5/c1-28-23-12-17(13-24(29-2)25(23)30-3)20-14-19(26-27(20)18-7-5-4-6-8-18)16-9-10-21-22(11-16)32-15-31-21/h4-13,20H,14-15H2,1-3H3/t20-/m0/s1. The molecular formula is C25H24N2O5. The van der Waals surface area contributed by atoms with E-state index >= 15 is 0 Å². The third-order valence-electron chi connectivity index (χ3n) is 5.71. The number of rotatable bonds is 6. The zero-order valence-electron chi connectivity index (χ0n) is 18.2. The normalized spacial score (nSPS) is 16.7. The Morgan fingerprint density at radius 1 is 0.844 bits per heavy atom. The average Bonchev–Trinajstić information content (AvgIpc) is 3.50. The predicted octanol–water partition coefficient (Wildman–Crippen LogP) is 4.80. The number of ether oxygens (including phenoxy) is 5. The van der Waals surface area contributed by atoms with Gasteiger partial charge in [0.2, 0.25) is 12.5 Å². The molecule has 2 heterocycles. The molecule has 0 aliphatic carbocycles. The first-order valence-corrected chi connectivity index (χ1v) is 10.3. The molecule has 0 spiro atoms. The molecular weight excluding hydrogens is 408 g/mol. The van der Waals surface area contributed by atoms with Gasteiger partial charge in [0.15, 0.2) is 23.0 Å². The van der Waals surface area contributed by atoms with Crippen molar-refractivity contribution in [3.63, 3.8) is 0 Å². The Hall–Kier alpha value is -3.87. The summed E-state index contributed by atoms with van der Waals surface area (Å²) in [4.78, 5) is 0. The van der Waals surface area contributed by atoms with Gasteiger partial charge in [0.1, 0.15) is 0 Å². The van der Waals surface area contributed by atoms with Crippen LogP contribution in [-0.4, -0.2) is 33.8 Å². The van der Waals surface area contributed by atoms with Crippen LogP contribution in [0.4, 0.5) is 5.69 Å². The lowest BCUT2D eigenvalue weighted by Crippen LogP contribution is -2.18. The van der Waals surface area contributed by atoms with E-state index in [2.05, 4.69) is 12.1 Å². The van der Waals surface area contributed by atoms with E-state index in [4.69, 9.17) is 28.8 Å². The van der Waals surface area contributed by atoms with Crippen LogP contribution < -0.4 is 28.7 Å². The summed E-state index contributed by atoms with van der Waals surface area (Å²) in [6, 6.07) is 20.0. The highest BCUT2D eigenvalue weighted by atomic mass is 16.7. The largest absolute Gasteiger partial charge is 0.493 e. The van der Waals surface area contributed by atoms with Gasteiger partial charge < -0.3 is 23.7 Å². The summed E-state index contributed by atoms with van der Waals surface area (Å²) in [6.07, 6.45) is 0.702. The maximum atomic E-state index is 5.59. The number of para-hydroxylation sites is 1. The number of nitrogens with zero attached hydrogens (tertiary/aromatic N) is 2. The van der Waals surface area contributed by atoms with Gasteiger partial charge in [-0.1, -0.05) is 18.2 Å². The molecule has 164 valence electrons. The second-order valence-electron chi connectivity index (χ2n) is 7.47. The van der Waals surface area contributed by atoms with Gasteiger partial charge in [-0.05, 0) is 48.0 Å². The van der Waals surface area contributed by atoms with Gasteiger partial charge in [0.25, 0.3) is 0 Å². The topological polar surface area (TPSA) is 61.8 Å². The molecule has 0 fully saturated rings. The lowest BCUT2D eigenvalue weighted by atomic mass is 9.97. The second kappa shape index (κ2) is 8.34. The Morgan fingerprint density at radius 3 is 2.25 bits per heavy atom. The molecule has 0 amide bonds. The smallest absolute Gasteiger partial charge is 0.231 e. The van der Waals surface area contributed by atoms with Crippen LogP contribution in [0, 0.1) is 0 Å². The lowest BCUT2D eigenvalue weighted by Gasteiger charge is -2.25. The Kier molecular flexibility index (Phi) is 5.23. The predicted molar refractivity (Wildman–Crippen MR) is 121 cm³/mol. The van der Waals surface area contributed by atoms with E-state index < -0.39 is 0 Å². The van der Waals surface area contributed by atoms with Crippen LogP contribution in [0.25, 0.3) is 0 Å². The maximum absolute atomic E-state index is 5.59. The molecule has 0 aromatic heterocycles. The van der Waals surface area contributed by atoms with Gasteiger partial charge in [-0.15, -0.1) is 0 Å². The highest BCUT2D eigenvalue weighted by Crippen LogP contribution is 2.44. The summed E-state index contributed by atoms with van der Waals surface area (Å²) in [7, 11) is 4.85. The minimum absolute atomic E-state index is 0.0495. The monoisotopic (exact) mass is 432 g/mol. The Bertz CT molecular complexity index is 1140. The first-order chi connectivity index (χ1) is 15.7. The van der Waals surface area contributed by atoms with Crippen molar-refractivity contribution in [2.45, 2.75) is 12.5 Å². The summed E-state index contributed by atoms with van der Waals surface area (Å²) in [5.74, 6) is 3.30. The molecule has 7 nitrogen and oxygen atoms in total. The van der Waals surface area contributed by atoms with Crippen molar-refractivity contribution < 1.29 is 23.7 Å². The van der Waals surface area contributed by atoms with Gasteiger partial charge in [0.05, 0.1) is 38.8 Å². The summed E-state index contributed by atoms with van der Waals surface area (Å²) in [5, 5.41) is 7.05. The van der Waals surface area contributed by atoms with E-state index in [-0.39, 0.29) is 12.8 Å². The van der Waals surface area contributed by atoms with Crippen LogP contribution >= 0.6 is 0 Å². The fourth-order valence-corrected chi connectivity index (χ4v) is 4.13. The highest BCUT2D eigenvalue weighted by molar-refractivity contribution is 6.03. The fraction of sp³-hybridized carbons (Fsp3) is 0.240. The summed E-state index contributed by atoms with van der Waals surface area (Å²) in [5.41, 5.74) is 3.99. The lowest BCUT2D eigenvalue weighted by molar-refractivity contribution is 0.174. The first kappa shape index (κ1) is 20.1. The maximum Gasteiger partial charge on any atom is 0.231 e. The third-order valence-corrected chi connectivity index (χ3v) is 5.71. The van der Waals surface area contributed by atoms with Crippen molar-refractivity contribution in [3.8, 4) is 28.7 Å². The van der Waals surface area contributed by atoms with Crippen LogP contribution in [0.15, 0.2) is 65.8 Å². The van der Waals surface area contributed by atoms with E-state index in [0.29, 0.717) is 23.7 Å². The van der Waals surface area contributed by atoms with E-state index in [9.17, 15) is 0 Å². The molecule has 32 heavy (non-hydrogen) atoms. The van der Waals surface area contributed by atoms with Crippen molar-refractivity contribution in [2.24, 2.45) is 5.10 Å². The summed E-state index contributed by atoms with van der Waals surface area (Å²) >= 11 is 0. The number of hydrogen-bond donors (Lipinski definition) is 0. The number of methoxy groups -OCH3 is 3. The van der Waals surface area contributed by atoms with Gasteiger partial charge in [-0.3, -0.25) is 5.01 Å². The van der Waals surface area contributed by atoms with Crippen LogP contribution in [0.5, 0.6) is 28.7 Å². The molecule has 5 rings (SSSR count). The second-order valence-corrected chi connectivity index (χ2v) is 7.47. The highest BCUT2D eigenvalue weighted by Gasteiger charge is 2.32. The molecule has 0 unspecified atom stereocenters. The number of hydrazone groups is 1. The molecule has 2 aliphatic heterocycles. The summed E-state index contributed by atoms with van der Waals surface area (Å²) in [6.45, 7) is 0.246. The number of benzene rings is 3. The molecule has 3 aromatic carbocycles. The number of fused-ring (bicyclic) bond motifs is 1. The van der Waals surface area contributed by atoms with Gasteiger partial charge >= 0.3 is 0 Å². The molecule has 2 aliphatic rings. The molecule has 0 saturated carbocycles. The molecule has 0 saturated heterocycles. The first-order valence-electron chi connectivity index (χ1n) is 10.3. The summed E-state index contributed by atoms with van der Waals surface area (Å²) < 4.78 is 27.7. The van der Waals surface area contributed by atoms with E-state index in [0.717, 1.165) is 34.0 Å². The Morgan fingerprint density at radius 2 is 1.56 bits per heavy atom. The van der Waals surface area contributed by atoms with Gasteiger partial charge in [0, 0.05) is 12.0 Å². The Labute approximate surface area is 186 Å². The Balaban J connectivity index is 1.58. The zero-order chi connectivity index (χ0) is 22.1. The zero-order valence-corrected chi connectivity index (χ0v) is 18.2. The minimum Gasteiger partial charge on any atom is -0.493 e. The quantitative estimate of drug-likeness (QED) is 0.558. The van der Waals surface area contributed by atoms with Gasteiger partial charge in [-0.2, -0.15) is 5.10 Å². The van der Waals surface area contributed by atoms with Gasteiger partial charge in [-0.25, -0.2) is 0 Å². The molecule has 1 atom stereocenters. The average molecular weight is 432 g/mol. The van der Waals surface area contributed by atoms with Crippen molar-refractivity contribution in [2.75, 3.05) is 33.1 Å². The van der Waals surface area contributed by atoms with Crippen LogP contribution in [-0.2, 0) is 0 Å². The molecule has 3 aromatic rings. The van der Waals surface area contributed by atoms with E-state index in [1.54, 1.807) is 21.3 Å². The fourth-order valence-electron chi connectivity index (χ4n) is 4.13. The van der Waals surface area contributed by atoms with Crippen LogP contribution in [0.2, 0.25) is 0 Å². The van der Waals surface area contributed by atoms with Crippen molar-refractivity contribution in [3.05, 3.63) is 71.8 Å².